The second kappa shape index (κ2) is 10.7. The van der Waals surface area contributed by atoms with Gasteiger partial charge in [0.25, 0.3) is 0 Å². The third kappa shape index (κ3) is 5.43. The van der Waals surface area contributed by atoms with Crippen LogP contribution in [0, 0.1) is 0 Å². The highest BCUT2D eigenvalue weighted by Crippen LogP contribution is 2.33. The Morgan fingerprint density at radius 3 is 2.46 bits per heavy atom. The quantitative estimate of drug-likeness (QED) is 0.532. The molecule has 2 aromatic rings. The van der Waals surface area contributed by atoms with Gasteiger partial charge in [0, 0.05) is 34.6 Å². The van der Waals surface area contributed by atoms with Crippen molar-refractivity contribution in [1.29, 1.82) is 0 Å². The number of benzene rings is 2. The molecular formula is C20H22BrClN2O3S. The standard InChI is InChI=1S/C20H21ClN2O3S.BrH/c1-25-18-9-8-16(12-19(18)26-2)23(20-22-10-3-11-27-20)13-17(24)14-4-6-15(21)7-5-14;/h4-9,12H,3,10-11,13H2,1-2H3;1H. The molecule has 0 aromatic heterocycles. The molecule has 0 atom stereocenters. The molecule has 5 nitrogen and oxygen atoms in total. The number of carbonyl (C=O) groups is 1. The van der Waals surface area contributed by atoms with E-state index in [2.05, 4.69) is 4.99 Å². The molecule has 150 valence electrons. The van der Waals surface area contributed by atoms with E-state index in [4.69, 9.17) is 21.1 Å². The van der Waals surface area contributed by atoms with E-state index in [0.717, 1.165) is 29.6 Å². The summed E-state index contributed by atoms with van der Waals surface area (Å²) in [4.78, 5) is 19.4. The number of thioether (sulfide) groups is 1. The molecule has 0 saturated heterocycles. The van der Waals surface area contributed by atoms with Gasteiger partial charge in [-0.05, 0) is 42.8 Å². The zero-order valence-corrected chi connectivity index (χ0v) is 19.0. The Bertz CT molecular complexity index is 846. The minimum atomic E-state index is -0.00433. The Balaban J connectivity index is 0.00000280. The Morgan fingerprint density at radius 1 is 1.14 bits per heavy atom. The Morgan fingerprint density at radius 2 is 1.86 bits per heavy atom. The second-order valence-electron chi connectivity index (χ2n) is 5.92. The summed E-state index contributed by atoms with van der Waals surface area (Å²) in [6.45, 7) is 0.949. The lowest BCUT2D eigenvalue weighted by atomic mass is 10.1. The van der Waals surface area contributed by atoms with Gasteiger partial charge >= 0.3 is 0 Å². The number of aliphatic imine (C=N–C) groups is 1. The molecule has 1 heterocycles. The molecule has 28 heavy (non-hydrogen) atoms. The molecule has 0 spiro atoms. The zero-order valence-electron chi connectivity index (χ0n) is 15.7. The fraction of sp³-hybridized carbons (Fsp3) is 0.300. The van der Waals surface area contributed by atoms with Gasteiger partial charge in [0.2, 0.25) is 0 Å². The van der Waals surface area contributed by atoms with Crippen LogP contribution in [0.25, 0.3) is 0 Å². The van der Waals surface area contributed by atoms with Crippen molar-refractivity contribution < 1.29 is 14.3 Å². The lowest BCUT2D eigenvalue weighted by Crippen LogP contribution is -2.35. The maximum absolute atomic E-state index is 12.9. The van der Waals surface area contributed by atoms with Crippen molar-refractivity contribution in [2.75, 3.05) is 38.0 Å². The van der Waals surface area contributed by atoms with Gasteiger partial charge in [-0.2, -0.15) is 0 Å². The van der Waals surface area contributed by atoms with E-state index >= 15 is 0 Å². The summed E-state index contributed by atoms with van der Waals surface area (Å²) in [5.74, 6) is 2.23. The second-order valence-corrected chi connectivity index (χ2v) is 7.42. The average Bonchev–Trinajstić information content (AvgIpc) is 2.72. The van der Waals surface area contributed by atoms with Crippen LogP contribution >= 0.6 is 40.3 Å². The van der Waals surface area contributed by atoms with Crippen LogP contribution < -0.4 is 14.4 Å². The largest absolute Gasteiger partial charge is 0.493 e. The van der Waals surface area contributed by atoms with Crippen molar-refractivity contribution >= 4 is 57.0 Å². The molecule has 0 N–H and O–H groups in total. The minimum absolute atomic E-state index is 0. The molecule has 1 aliphatic rings. The normalized spacial score (nSPS) is 13.2. The van der Waals surface area contributed by atoms with Crippen molar-refractivity contribution in [3.05, 3.63) is 53.1 Å². The number of anilines is 1. The highest BCUT2D eigenvalue weighted by molar-refractivity contribution is 8.93. The molecular weight excluding hydrogens is 464 g/mol. The third-order valence-corrected chi connectivity index (χ3v) is 5.51. The molecule has 0 saturated carbocycles. The van der Waals surface area contributed by atoms with E-state index in [0.29, 0.717) is 22.1 Å². The van der Waals surface area contributed by atoms with Crippen molar-refractivity contribution in [2.45, 2.75) is 6.42 Å². The van der Waals surface area contributed by atoms with E-state index in [1.54, 1.807) is 50.2 Å². The van der Waals surface area contributed by atoms with Gasteiger partial charge in [-0.15, -0.1) is 17.0 Å². The highest BCUT2D eigenvalue weighted by atomic mass is 79.9. The van der Waals surface area contributed by atoms with Crippen LogP contribution in [0.3, 0.4) is 0 Å². The van der Waals surface area contributed by atoms with Crippen LogP contribution in [-0.2, 0) is 0 Å². The van der Waals surface area contributed by atoms with Gasteiger partial charge in [-0.25, -0.2) is 0 Å². The monoisotopic (exact) mass is 484 g/mol. The summed E-state index contributed by atoms with van der Waals surface area (Å²) in [5, 5.41) is 1.45. The number of methoxy groups -OCH3 is 2. The Kier molecular flexibility index (Phi) is 8.66. The first-order chi connectivity index (χ1) is 13.1. The number of hydrogen-bond acceptors (Lipinski definition) is 6. The van der Waals surface area contributed by atoms with Crippen molar-refractivity contribution in [2.24, 2.45) is 4.99 Å². The molecule has 0 aliphatic carbocycles. The molecule has 3 rings (SSSR count). The first-order valence-corrected chi connectivity index (χ1v) is 9.94. The smallest absolute Gasteiger partial charge is 0.182 e. The van der Waals surface area contributed by atoms with Crippen LogP contribution in [0.4, 0.5) is 5.69 Å². The van der Waals surface area contributed by atoms with Crippen LogP contribution in [-0.4, -0.2) is 44.0 Å². The van der Waals surface area contributed by atoms with Crippen LogP contribution in [0.5, 0.6) is 11.5 Å². The van der Waals surface area contributed by atoms with Gasteiger partial charge in [-0.1, -0.05) is 23.4 Å². The number of amidine groups is 1. The Labute approximate surface area is 184 Å². The molecule has 0 bridgehead atoms. The fourth-order valence-electron chi connectivity index (χ4n) is 2.74. The number of ketones is 1. The summed E-state index contributed by atoms with van der Waals surface area (Å²) in [6, 6.07) is 12.5. The molecule has 2 aromatic carbocycles. The SMILES string of the molecule is Br.COc1ccc(N(CC(=O)c2ccc(Cl)cc2)C2=NCCCS2)cc1OC. The number of Topliss-reactive ketones (excluding diaryl/α,β-unsaturated/α-hetero) is 1. The molecule has 0 radical (unpaired) electrons. The van der Waals surface area contributed by atoms with Gasteiger partial charge in [0.15, 0.2) is 22.4 Å². The maximum Gasteiger partial charge on any atom is 0.182 e. The topological polar surface area (TPSA) is 51.1 Å². The molecule has 0 amide bonds. The van der Waals surface area contributed by atoms with Crippen molar-refractivity contribution in [3.63, 3.8) is 0 Å². The first-order valence-electron chi connectivity index (χ1n) is 8.58. The summed E-state index contributed by atoms with van der Waals surface area (Å²) in [5.41, 5.74) is 1.45. The van der Waals surface area contributed by atoms with E-state index in [-0.39, 0.29) is 29.3 Å². The van der Waals surface area contributed by atoms with Gasteiger partial charge in [-0.3, -0.25) is 9.79 Å². The summed E-state index contributed by atoms with van der Waals surface area (Å²) >= 11 is 7.59. The summed E-state index contributed by atoms with van der Waals surface area (Å²) in [7, 11) is 3.19. The summed E-state index contributed by atoms with van der Waals surface area (Å²) < 4.78 is 10.7. The van der Waals surface area contributed by atoms with Crippen LogP contribution in [0.2, 0.25) is 5.02 Å². The highest BCUT2D eigenvalue weighted by Gasteiger charge is 2.22. The molecule has 0 unspecified atom stereocenters. The predicted molar refractivity (Wildman–Crippen MR) is 122 cm³/mol. The van der Waals surface area contributed by atoms with E-state index < -0.39 is 0 Å². The van der Waals surface area contributed by atoms with E-state index in [1.807, 2.05) is 23.1 Å². The predicted octanol–water partition coefficient (Wildman–Crippen LogP) is 5.12. The maximum atomic E-state index is 12.9. The number of ether oxygens (including phenoxy) is 2. The molecule has 8 heteroatoms. The van der Waals surface area contributed by atoms with E-state index in [1.165, 1.54) is 0 Å². The van der Waals surface area contributed by atoms with E-state index in [9.17, 15) is 4.79 Å². The van der Waals surface area contributed by atoms with Gasteiger partial charge in [0.1, 0.15) is 0 Å². The minimum Gasteiger partial charge on any atom is -0.493 e. The van der Waals surface area contributed by atoms with Gasteiger partial charge < -0.3 is 14.4 Å². The van der Waals surface area contributed by atoms with Crippen LogP contribution in [0.15, 0.2) is 47.5 Å². The van der Waals surface area contributed by atoms with Gasteiger partial charge in [0.05, 0.1) is 20.8 Å². The number of rotatable bonds is 6. The fourth-order valence-corrected chi connectivity index (χ4v) is 3.83. The summed E-state index contributed by atoms with van der Waals surface area (Å²) in [6.07, 6.45) is 1.04. The Hall–Kier alpha value is -1.70. The molecule has 0 fully saturated rings. The number of hydrogen-bond donors (Lipinski definition) is 0. The van der Waals surface area contributed by atoms with Crippen LogP contribution in [0.1, 0.15) is 16.8 Å². The molecule has 1 aliphatic heterocycles. The lowest BCUT2D eigenvalue weighted by molar-refractivity contribution is 0.100. The lowest BCUT2D eigenvalue weighted by Gasteiger charge is -2.27. The van der Waals surface area contributed by atoms with Crippen molar-refractivity contribution in [1.82, 2.24) is 0 Å². The third-order valence-electron chi connectivity index (χ3n) is 4.16. The van der Waals surface area contributed by atoms with Crippen molar-refractivity contribution in [3.8, 4) is 11.5 Å². The average molecular weight is 486 g/mol. The number of carbonyl (C=O) groups excluding carboxylic acids is 1. The first kappa shape index (κ1) is 22.6. The number of nitrogens with zero attached hydrogens (tertiary/aromatic N) is 2. The number of halogens is 2. The zero-order chi connectivity index (χ0) is 19.2.